The third-order valence-corrected chi connectivity index (χ3v) is 6.45. The molecule has 1 amide bonds. The minimum Gasteiger partial charge on any atom is -0.376 e. The van der Waals surface area contributed by atoms with E-state index >= 15 is 0 Å². The number of amides is 1. The topological polar surface area (TPSA) is 88.2 Å². The van der Waals surface area contributed by atoms with Gasteiger partial charge < -0.3 is 10.6 Å². The number of carbonyl (C=O) groups is 3. The Balaban J connectivity index is 1.28. The summed E-state index contributed by atoms with van der Waals surface area (Å²) in [6.45, 7) is 2.19. The molecule has 174 valence electrons. The molecule has 2 aliphatic rings. The molecule has 0 atom stereocenters. The summed E-state index contributed by atoms with van der Waals surface area (Å²) in [5.41, 5.74) is 5.63. The van der Waals surface area contributed by atoms with E-state index in [1.165, 1.54) is 0 Å². The number of nitrogens with one attached hydrogen (secondary N) is 2. The van der Waals surface area contributed by atoms with Crippen LogP contribution in [0.25, 0.3) is 6.08 Å². The van der Waals surface area contributed by atoms with Crippen molar-refractivity contribution in [2.75, 3.05) is 5.32 Å². The molecule has 6 nitrogen and oxygen atoms in total. The van der Waals surface area contributed by atoms with Crippen LogP contribution in [0.2, 0.25) is 0 Å². The fraction of sp³-hybridized carbons (Fsp3) is 0.143. The molecule has 0 bridgehead atoms. The summed E-state index contributed by atoms with van der Waals surface area (Å²) in [5, 5.41) is 5.89. The van der Waals surface area contributed by atoms with E-state index in [2.05, 4.69) is 21.7 Å². The van der Waals surface area contributed by atoms with Crippen LogP contribution in [0.5, 0.6) is 0 Å². The van der Waals surface area contributed by atoms with Gasteiger partial charge >= 0.3 is 0 Å². The Kier molecular flexibility index (Phi) is 6.05. The lowest BCUT2D eigenvalue weighted by atomic mass is 9.92. The molecule has 0 spiro atoms. The van der Waals surface area contributed by atoms with Crippen molar-refractivity contribution >= 4 is 40.8 Å². The fourth-order valence-corrected chi connectivity index (χ4v) is 4.57. The minimum atomic E-state index is -0.375. The SMILES string of the molecule is Cc1cc(NC(=O)c2ccc(CNC3=C(Cl)C(=O)c4ccccc4C3=O)cc2)c2c(n1)CCC=C2. The van der Waals surface area contributed by atoms with Crippen LogP contribution < -0.4 is 10.6 Å². The monoisotopic (exact) mass is 483 g/mol. The van der Waals surface area contributed by atoms with Crippen molar-refractivity contribution in [3.63, 3.8) is 0 Å². The van der Waals surface area contributed by atoms with Gasteiger partial charge in [-0.2, -0.15) is 0 Å². The molecule has 0 fully saturated rings. The number of ketones is 2. The highest BCUT2D eigenvalue weighted by molar-refractivity contribution is 6.49. The van der Waals surface area contributed by atoms with Gasteiger partial charge in [0.05, 0.1) is 11.4 Å². The maximum absolute atomic E-state index is 12.9. The van der Waals surface area contributed by atoms with Gasteiger partial charge in [0, 0.05) is 34.5 Å². The molecule has 1 aromatic heterocycles. The van der Waals surface area contributed by atoms with E-state index in [1.54, 1.807) is 48.5 Å². The number of pyridine rings is 1. The summed E-state index contributed by atoms with van der Waals surface area (Å²) in [4.78, 5) is 42.8. The van der Waals surface area contributed by atoms with Gasteiger partial charge in [0.25, 0.3) is 5.91 Å². The van der Waals surface area contributed by atoms with E-state index in [0.717, 1.165) is 41.0 Å². The maximum atomic E-state index is 12.9. The molecule has 0 saturated carbocycles. The van der Waals surface area contributed by atoms with Crippen LogP contribution in [0.1, 0.15) is 60.0 Å². The third-order valence-electron chi connectivity index (χ3n) is 6.09. The van der Waals surface area contributed by atoms with Gasteiger partial charge in [-0.3, -0.25) is 19.4 Å². The third kappa shape index (κ3) is 4.40. The van der Waals surface area contributed by atoms with Gasteiger partial charge in [0.1, 0.15) is 10.7 Å². The molecule has 2 aromatic carbocycles. The van der Waals surface area contributed by atoms with Crippen LogP contribution >= 0.6 is 11.6 Å². The summed E-state index contributed by atoms with van der Waals surface area (Å²) >= 11 is 6.21. The first-order valence-electron chi connectivity index (χ1n) is 11.3. The van der Waals surface area contributed by atoms with E-state index in [0.29, 0.717) is 16.7 Å². The highest BCUT2D eigenvalue weighted by Crippen LogP contribution is 2.28. The van der Waals surface area contributed by atoms with Gasteiger partial charge in [-0.1, -0.05) is 60.2 Å². The van der Waals surface area contributed by atoms with Crippen LogP contribution in [0, 0.1) is 6.92 Å². The highest BCUT2D eigenvalue weighted by Gasteiger charge is 2.31. The van der Waals surface area contributed by atoms with Crippen molar-refractivity contribution < 1.29 is 14.4 Å². The molecule has 0 aliphatic heterocycles. The van der Waals surface area contributed by atoms with Crippen molar-refractivity contribution in [3.05, 3.63) is 111 Å². The predicted octanol–water partition coefficient (Wildman–Crippen LogP) is 5.22. The Hall–Kier alpha value is -4.03. The number of allylic oxidation sites excluding steroid dienone is 3. The molecule has 0 radical (unpaired) electrons. The number of rotatable bonds is 5. The number of halogens is 1. The number of hydrogen-bond acceptors (Lipinski definition) is 5. The predicted molar refractivity (Wildman–Crippen MR) is 136 cm³/mol. The van der Waals surface area contributed by atoms with E-state index in [1.807, 2.05) is 19.1 Å². The van der Waals surface area contributed by atoms with Crippen molar-refractivity contribution in [1.82, 2.24) is 10.3 Å². The molecule has 0 saturated heterocycles. The lowest BCUT2D eigenvalue weighted by Crippen LogP contribution is -2.28. The average Bonchev–Trinajstić information content (AvgIpc) is 2.87. The first-order valence-corrected chi connectivity index (χ1v) is 11.7. The van der Waals surface area contributed by atoms with Crippen LogP contribution in [0.15, 0.2) is 71.4 Å². The molecule has 2 aliphatic carbocycles. The Morgan fingerprint density at radius 2 is 1.74 bits per heavy atom. The Morgan fingerprint density at radius 3 is 2.49 bits per heavy atom. The Labute approximate surface area is 207 Å². The summed E-state index contributed by atoms with van der Waals surface area (Å²) < 4.78 is 0. The van der Waals surface area contributed by atoms with Gasteiger partial charge in [0.2, 0.25) is 11.6 Å². The lowest BCUT2D eigenvalue weighted by Gasteiger charge is -2.19. The van der Waals surface area contributed by atoms with Crippen LogP contribution in [-0.2, 0) is 13.0 Å². The molecule has 2 N–H and O–H groups in total. The van der Waals surface area contributed by atoms with Gasteiger partial charge in [-0.05, 0) is 43.5 Å². The summed E-state index contributed by atoms with van der Waals surface area (Å²) in [6, 6.07) is 15.5. The van der Waals surface area contributed by atoms with Crippen molar-refractivity contribution in [1.29, 1.82) is 0 Å². The highest BCUT2D eigenvalue weighted by atomic mass is 35.5. The Bertz CT molecular complexity index is 1440. The standard InChI is InChI=1S/C28H22ClN3O3/c1-16-14-23(21-8-4-5-9-22(21)31-16)32-28(35)18-12-10-17(11-13-18)15-30-25-24(29)26(33)19-6-2-3-7-20(19)27(25)34/h2-4,6-8,10-14,30H,5,9,15H2,1H3,(H,31,32,35). The molecule has 3 aromatic rings. The smallest absolute Gasteiger partial charge is 0.255 e. The number of hydrogen-bond donors (Lipinski definition) is 2. The second kappa shape index (κ2) is 9.31. The number of aryl methyl sites for hydroxylation is 2. The van der Waals surface area contributed by atoms with Gasteiger partial charge in [0.15, 0.2) is 0 Å². The van der Waals surface area contributed by atoms with Crippen LogP contribution in [-0.4, -0.2) is 22.5 Å². The molecule has 7 heteroatoms. The van der Waals surface area contributed by atoms with Gasteiger partial charge in [-0.15, -0.1) is 0 Å². The lowest BCUT2D eigenvalue weighted by molar-refractivity contribution is 0.0974. The number of Topliss-reactive ketones (excluding diaryl/α,β-unsaturated/α-hetero) is 2. The molecule has 35 heavy (non-hydrogen) atoms. The summed E-state index contributed by atoms with van der Waals surface area (Å²) in [5.74, 6) is -0.905. The van der Waals surface area contributed by atoms with Crippen LogP contribution in [0.4, 0.5) is 5.69 Å². The van der Waals surface area contributed by atoms with Crippen molar-refractivity contribution in [2.45, 2.75) is 26.3 Å². The first kappa shape index (κ1) is 22.7. The quantitative estimate of drug-likeness (QED) is 0.519. The van der Waals surface area contributed by atoms with Crippen molar-refractivity contribution in [3.8, 4) is 0 Å². The van der Waals surface area contributed by atoms with Gasteiger partial charge in [-0.25, -0.2) is 0 Å². The summed E-state index contributed by atoms with van der Waals surface area (Å²) in [6.07, 6.45) is 5.89. The fourth-order valence-electron chi connectivity index (χ4n) is 4.31. The molecular formula is C28H22ClN3O3. The van der Waals surface area contributed by atoms with E-state index < -0.39 is 0 Å². The summed E-state index contributed by atoms with van der Waals surface area (Å²) in [7, 11) is 0. The molecule has 1 heterocycles. The maximum Gasteiger partial charge on any atom is 0.255 e. The van der Waals surface area contributed by atoms with Crippen molar-refractivity contribution in [2.24, 2.45) is 0 Å². The molecule has 0 unspecified atom stereocenters. The number of aromatic nitrogens is 1. The first-order chi connectivity index (χ1) is 16.9. The number of anilines is 1. The molecular weight excluding hydrogens is 462 g/mol. The second-order valence-corrected chi connectivity index (χ2v) is 8.89. The largest absolute Gasteiger partial charge is 0.376 e. The number of benzene rings is 2. The second-order valence-electron chi connectivity index (χ2n) is 8.51. The number of carbonyl (C=O) groups excluding carboxylic acids is 3. The van der Waals surface area contributed by atoms with E-state index in [-0.39, 0.29) is 34.7 Å². The molecule has 5 rings (SSSR count). The zero-order chi connectivity index (χ0) is 24.5. The Morgan fingerprint density at radius 1 is 1.03 bits per heavy atom. The van der Waals surface area contributed by atoms with Crippen LogP contribution in [0.3, 0.4) is 0 Å². The van der Waals surface area contributed by atoms with E-state index in [9.17, 15) is 14.4 Å². The number of nitrogens with zero attached hydrogens (tertiary/aromatic N) is 1. The average molecular weight is 484 g/mol. The number of fused-ring (bicyclic) bond motifs is 2. The normalized spacial score (nSPS) is 14.5. The van der Waals surface area contributed by atoms with E-state index in [4.69, 9.17) is 11.6 Å². The zero-order valence-electron chi connectivity index (χ0n) is 19.0. The minimum absolute atomic E-state index is 0.0862. The zero-order valence-corrected chi connectivity index (χ0v) is 19.8.